The molecule has 28 heavy (non-hydrogen) atoms. The highest BCUT2D eigenvalue weighted by Crippen LogP contribution is 2.16. The Balaban J connectivity index is 0.000000567. The minimum Gasteiger partial charge on any atom is -0.445 e. The molecule has 1 rings (SSSR count). The number of benzene rings is 1. The molecule has 0 saturated carbocycles. The molecule has 1 aromatic carbocycles. The molecule has 0 aliphatic carbocycles. The van der Waals surface area contributed by atoms with E-state index in [2.05, 4.69) is 27.7 Å². The predicted octanol–water partition coefficient (Wildman–Crippen LogP) is 7.05. The second-order valence-corrected chi connectivity index (χ2v) is 8.14. The molecule has 0 saturated heterocycles. The van der Waals surface area contributed by atoms with Crippen LogP contribution in [0.1, 0.15) is 84.6 Å². The van der Waals surface area contributed by atoms with Gasteiger partial charge in [-0.15, -0.1) is 5.46 Å². The maximum atomic E-state index is 12.0. The molecule has 0 aromatic heterocycles. The molecule has 0 radical (unpaired) electrons. The maximum absolute atomic E-state index is 12.0. The summed E-state index contributed by atoms with van der Waals surface area (Å²) in [5, 5.41) is 0. The van der Waals surface area contributed by atoms with E-state index in [4.69, 9.17) is 0 Å². The first-order chi connectivity index (χ1) is 13.2. The Bertz CT molecular complexity index is 448. The van der Waals surface area contributed by atoms with Crippen LogP contribution in [0.25, 0.3) is 0 Å². The van der Waals surface area contributed by atoms with Crippen molar-refractivity contribution in [2.24, 2.45) is 0 Å². The molecule has 0 aliphatic rings. The van der Waals surface area contributed by atoms with E-state index in [0.717, 1.165) is 17.7 Å². The van der Waals surface area contributed by atoms with E-state index in [9.17, 15) is 12.9 Å². The third-order valence-corrected chi connectivity index (χ3v) is 5.40. The lowest BCUT2D eigenvalue weighted by atomic mass is 9.80. The van der Waals surface area contributed by atoms with Crippen LogP contribution in [0.15, 0.2) is 24.3 Å². The zero-order valence-corrected chi connectivity index (χ0v) is 19.0. The van der Waals surface area contributed by atoms with Crippen LogP contribution in [0.5, 0.6) is 0 Å². The Hall–Kier alpha value is -0.965. The summed E-state index contributed by atoms with van der Waals surface area (Å²) in [7, 11) is 0. The van der Waals surface area contributed by atoms with Gasteiger partial charge in [0, 0.05) is 0 Å². The molecule has 1 aromatic rings. The Morgan fingerprint density at radius 1 is 0.643 bits per heavy atom. The summed E-state index contributed by atoms with van der Waals surface area (Å²) in [4.78, 5) is 0. The van der Waals surface area contributed by atoms with Gasteiger partial charge in [0.15, 0.2) is 0 Å². The Kier molecular flexibility index (Phi) is 14.4. The summed E-state index contributed by atoms with van der Waals surface area (Å²) in [6, 6.07) is 5.14. The van der Waals surface area contributed by atoms with Crippen molar-refractivity contribution in [1.29, 1.82) is 0 Å². The van der Waals surface area contributed by atoms with Crippen molar-refractivity contribution in [1.82, 2.24) is 0 Å². The minimum absolute atomic E-state index is 0.532. The molecule has 0 aliphatic heterocycles. The Labute approximate surface area is 172 Å². The standard InChI is InChI=1S/C16H36N.C7H7BF3/c1-5-9-13-17(14-10-6-2,15-11-7-3)16-12-8-4;1-6-2-4-7(5-3-6)8(9,10)11/h5-16H2,1-4H3;2-5H,1H3/q+1;-1. The van der Waals surface area contributed by atoms with Crippen molar-refractivity contribution in [3.63, 3.8) is 0 Å². The van der Waals surface area contributed by atoms with Crippen molar-refractivity contribution in [2.45, 2.75) is 86.0 Å². The number of quaternary nitrogens is 1. The zero-order valence-electron chi connectivity index (χ0n) is 19.0. The fourth-order valence-corrected chi connectivity index (χ4v) is 3.43. The average Bonchev–Trinajstić information content (AvgIpc) is 2.67. The maximum Gasteiger partial charge on any atom is 0.509 e. The number of halogens is 3. The molecule has 0 N–H and O–H groups in total. The first kappa shape index (κ1) is 27.0. The molecule has 5 heteroatoms. The van der Waals surface area contributed by atoms with E-state index >= 15 is 0 Å². The average molecular weight is 401 g/mol. The monoisotopic (exact) mass is 401 g/mol. The Morgan fingerprint density at radius 2 is 0.964 bits per heavy atom. The number of hydrogen-bond acceptors (Lipinski definition) is 0. The van der Waals surface area contributed by atoms with Crippen LogP contribution >= 0.6 is 0 Å². The van der Waals surface area contributed by atoms with Gasteiger partial charge in [0.25, 0.3) is 0 Å². The van der Waals surface area contributed by atoms with Gasteiger partial charge < -0.3 is 17.4 Å². The van der Waals surface area contributed by atoms with Crippen LogP contribution < -0.4 is 5.46 Å². The SMILES string of the molecule is CCCC[N+](CCCC)(CCCC)CCCC.Cc1ccc([B-](F)(F)F)cc1. The highest BCUT2D eigenvalue weighted by Gasteiger charge is 2.25. The summed E-state index contributed by atoms with van der Waals surface area (Å²) in [6.45, 7) is 12.0. The van der Waals surface area contributed by atoms with Gasteiger partial charge in [-0.25, -0.2) is 0 Å². The van der Waals surface area contributed by atoms with E-state index in [1.54, 1.807) is 6.92 Å². The van der Waals surface area contributed by atoms with Gasteiger partial charge in [-0.2, -0.15) is 0 Å². The molecule has 1 nitrogen and oxygen atoms in total. The van der Waals surface area contributed by atoms with Gasteiger partial charge in [0.2, 0.25) is 0 Å². The number of unbranched alkanes of at least 4 members (excludes halogenated alkanes) is 4. The van der Waals surface area contributed by atoms with Crippen LogP contribution in [0.2, 0.25) is 0 Å². The molecule has 164 valence electrons. The van der Waals surface area contributed by atoms with E-state index in [0.29, 0.717) is 0 Å². The molecule has 0 fully saturated rings. The van der Waals surface area contributed by atoms with Crippen molar-refractivity contribution in [3.8, 4) is 0 Å². The normalized spacial score (nSPS) is 11.9. The second-order valence-electron chi connectivity index (χ2n) is 8.14. The lowest BCUT2D eigenvalue weighted by Crippen LogP contribution is -2.50. The van der Waals surface area contributed by atoms with E-state index in [1.807, 2.05) is 0 Å². The van der Waals surface area contributed by atoms with Crippen LogP contribution in [-0.4, -0.2) is 37.6 Å². The lowest BCUT2D eigenvalue weighted by Gasteiger charge is -2.39. The number of nitrogens with zero attached hydrogens (tertiary/aromatic N) is 1. The number of hydrogen-bond donors (Lipinski definition) is 0. The first-order valence-electron chi connectivity index (χ1n) is 11.4. The molecule has 0 atom stereocenters. The highest BCUT2D eigenvalue weighted by molar-refractivity contribution is 6.73. The predicted molar refractivity (Wildman–Crippen MR) is 119 cm³/mol. The van der Waals surface area contributed by atoms with Crippen molar-refractivity contribution in [3.05, 3.63) is 29.8 Å². The van der Waals surface area contributed by atoms with Gasteiger partial charge in [-0.1, -0.05) is 83.2 Å². The minimum atomic E-state index is -4.82. The fourth-order valence-electron chi connectivity index (χ4n) is 3.43. The quantitative estimate of drug-likeness (QED) is 0.245. The van der Waals surface area contributed by atoms with Crippen LogP contribution in [-0.2, 0) is 0 Å². The van der Waals surface area contributed by atoms with Gasteiger partial charge in [-0.05, 0) is 32.6 Å². The topological polar surface area (TPSA) is 0 Å². The van der Waals surface area contributed by atoms with Crippen molar-refractivity contribution in [2.75, 3.05) is 26.2 Å². The van der Waals surface area contributed by atoms with Crippen LogP contribution in [0, 0.1) is 6.92 Å². The van der Waals surface area contributed by atoms with Gasteiger partial charge in [0.1, 0.15) is 0 Å². The third-order valence-electron chi connectivity index (χ3n) is 5.40. The molecule has 0 bridgehead atoms. The lowest BCUT2D eigenvalue weighted by molar-refractivity contribution is -0.929. The number of aryl methyl sites for hydroxylation is 1. The molecule has 0 heterocycles. The summed E-state index contributed by atoms with van der Waals surface area (Å²) >= 11 is 0. The molecule has 0 spiro atoms. The van der Waals surface area contributed by atoms with Gasteiger partial charge in [0.05, 0.1) is 26.2 Å². The van der Waals surface area contributed by atoms with Gasteiger partial charge in [-0.3, -0.25) is 0 Å². The van der Waals surface area contributed by atoms with E-state index in [-0.39, 0.29) is 0 Å². The summed E-state index contributed by atoms with van der Waals surface area (Å²) in [5.74, 6) is 0. The third kappa shape index (κ3) is 11.8. The summed E-state index contributed by atoms with van der Waals surface area (Å²) < 4.78 is 37.4. The molecule has 0 amide bonds. The molecule has 0 unspecified atom stereocenters. The molecular weight excluding hydrogens is 358 g/mol. The summed E-state index contributed by atoms with van der Waals surface area (Å²) in [5.41, 5.74) is 0.310. The highest BCUT2D eigenvalue weighted by atomic mass is 19.4. The summed E-state index contributed by atoms with van der Waals surface area (Å²) in [6.07, 6.45) is 11.1. The number of rotatable bonds is 13. The van der Waals surface area contributed by atoms with Crippen LogP contribution in [0.4, 0.5) is 12.9 Å². The van der Waals surface area contributed by atoms with E-state index in [1.165, 1.54) is 94.2 Å². The van der Waals surface area contributed by atoms with E-state index < -0.39 is 12.4 Å². The van der Waals surface area contributed by atoms with Crippen molar-refractivity contribution < 1.29 is 17.4 Å². The second kappa shape index (κ2) is 15.0. The Morgan fingerprint density at radius 3 is 1.21 bits per heavy atom. The van der Waals surface area contributed by atoms with Crippen molar-refractivity contribution >= 4 is 12.4 Å². The largest absolute Gasteiger partial charge is 0.509 e. The molecular formula is C23H43BF3N. The van der Waals surface area contributed by atoms with Crippen LogP contribution in [0.3, 0.4) is 0 Å². The first-order valence-corrected chi connectivity index (χ1v) is 11.4. The smallest absolute Gasteiger partial charge is 0.445 e. The fraction of sp³-hybridized carbons (Fsp3) is 0.739. The zero-order chi connectivity index (χ0) is 21.5. The van der Waals surface area contributed by atoms with Gasteiger partial charge >= 0.3 is 6.98 Å².